The third-order valence-electron chi connectivity index (χ3n) is 4.08. The fourth-order valence-electron chi connectivity index (χ4n) is 2.74. The van der Waals surface area contributed by atoms with E-state index in [1.54, 1.807) is 25.1 Å². The Bertz CT molecular complexity index is 1060. The zero-order chi connectivity index (χ0) is 21.0. The van der Waals surface area contributed by atoms with Crippen LogP contribution in [0.3, 0.4) is 0 Å². The number of carbonyl (C=O) groups excluding carboxylic acids is 2. The maximum Gasteiger partial charge on any atom is 0.306 e. The monoisotopic (exact) mass is 482 g/mol. The molecule has 0 fully saturated rings. The highest BCUT2D eigenvalue weighted by atomic mass is 79.9. The standard InChI is InChI=1S/C20H17BrF2N2O3S/c1-2-28-18(27)10-9-17(26)25(15-6-4-3-5-12(15)21)11-16-24-14-8-7-13(22)19(23)20(14)29-16/h3-8H,2,9-11H2,1H3. The second-order valence-electron chi connectivity index (χ2n) is 6.05. The van der Waals surface area contributed by atoms with Crippen molar-refractivity contribution in [3.8, 4) is 0 Å². The number of esters is 1. The lowest BCUT2D eigenvalue weighted by Crippen LogP contribution is -2.31. The Morgan fingerprint density at radius 2 is 1.93 bits per heavy atom. The Balaban J connectivity index is 1.89. The average molecular weight is 483 g/mol. The molecule has 1 aromatic heterocycles. The van der Waals surface area contributed by atoms with Crippen LogP contribution in [0, 0.1) is 11.6 Å². The van der Waals surface area contributed by atoms with E-state index in [4.69, 9.17) is 4.74 Å². The number of fused-ring (bicyclic) bond motifs is 1. The number of carbonyl (C=O) groups is 2. The van der Waals surface area contributed by atoms with Gasteiger partial charge in [0.2, 0.25) is 5.91 Å². The Labute approximate surface area is 178 Å². The van der Waals surface area contributed by atoms with Gasteiger partial charge >= 0.3 is 5.97 Å². The maximum absolute atomic E-state index is 14.0. The van der Waals surface area contributed by atoms with Crippen LogP contribution in [0.2, 0.25) is 0 Å². The molecule has 2 aromatic carbocycles. The molecule has 0 bridgehead atoms. The van der Waals surface area contributed by atoms with Crippen LogP contribution in [0.1, 0.15) is 24.8 Å². The molecule has 0 radical (unpaired) electrons. The molecule has 0 saturated carbocycles. The minimum absolute atomic E-state index is 0.0476. The van der Waals surface area contributed by atoms with Crippen LogP contribution in [-0.2, 0) is 20.9 Å². The molecule has 152 valence electrons. The molecule has 5 nitrogen and oxygen atoms in total. The number of hydrogen-bond donors (Lipinski definition) is 0. The number of benzene rings is 2. The number of ether oxygens (including phenoxy) is 1. The van der Waals surface area contributed by atoms with Gasteiger partial charge in [-0.15, -0.1) is 11.3 Å². The molecular weight excluding hydrogens is 466 g/mol. The van der Waals surface area contributed by atoms with Gasteiger partial charge in [0.15, 0.2) is 11.6 Å². The van der Waals surface area contributed by atoms with Crippen molar-refractivity contribution in [3.63, 3.8) is 0 Å². The van der Waals surface area contributed by atoms with Crippen molar-refractivity contribution < 1.29 is 23.1 Å². The summed E-state index contributed by atoms with van der Waals surface area (Å²) in [7, 11) is 0. The Hall–Kier alpha value is -2.39. The lowest BCUT2D eigenvalue weighted by atomic mass is 10.2. The lowest BCUT2D eigenvalue weighted by Gasteiger charge is -2.23. The van der Waals surface area contributed by atoms with E-state index in [0.717, 1.165) is 17.4 Å². The summed E-state index contributed by atoms with van der Waals surface area (Å²) in [5.41, 5.74) is 0.919. The molecule has 1 amide bonds. The van der Waals surface area contributed by atoms with E-state index >= 15 is 0 Å². The number of halogens is 3. The molecule has 0 aliphatic carbocycles. The van der Waals surface area contributed by atoms with Crippen molar-refractivity contribution in [3.05, 3.63) is 57.5 Å². The van der Waals surface area contributed by atoms with Gasteiger partial charge in [-0.05, 0) is 47.1 Å². The van der Waals surface area contributed by atoms with Crippen molar-refractivity contribution in [2.24, 2.45) is 0 Å². The van der Waals surface area contributed by atoms with Crippen LogP contribution in [-0.4, -0.2) is 23.5 Å². The summed E-state index contributed by atoms with van der Waals surface area (Å²) in [5.74, 6) is -2.66. The molecule has 29 heavy (non-hydrogen) atoms. The van der Waals surface area contributed by atoms with E-state index in [-0.39, 0.29) is 36.6 Å². The lowest BCUT2D eigenvalue weighted by molar-refractivity contribution is -0.144. The van der Waals surface area contributed by atoms with E-state index in [1.165, 1.54) is 11.0 Å². The van der Waals surface area contributed by atoms with E-state index in [2.05, 4.69) is 20.9 Å². The largest absolute Gasteiger partial charge is 0.466 e. The van der Waals surface area contributed by atoms with Gasteiger partial charge in [-0.2, -0.15) is 0 Å². The summed E-state index contributed by atoms with van der Waals surface area (Å²) < 4.78 is 33.2. The van der Waals surface area contributed by atoms with Crippen molar-refractivity contribution in [1.29, 1.82) is 0 Å². The third kappa shape index (κ3) is 4.97. The molecule has 0 N–H and O–H groups in total. The zero-order valence-corrected chi connectivity index (χ0v) is 17.9. The molecule has 0 aliphatic heterocycles. The Morgan fingerprint density at radius 1 is 1.17 bits per heavy atom. The molecule has 0 atom stereocenters. The van der Waals surface area contributed by atoms with Gasteiger partial charge in [0.25, 0.3) is 0 Å². The van der Waals surface area contributed by atoms with Crippen LogP contribution in [0.25, 0.3) is 10.2 Å². The number of hydrogen-bond acceptors (Lipinski definition) is 5. The van der Waals surface area contributed by atoms with Crippen molar-refractivity contribution in [2.75, 3.05) is 11.5 Å². The molecule has 0 spiro atoms. The molecule has 0 saturated heterocycles. The molecule has 0 aliphatic rings. The van der Waals surface area contributed by atoms with Gasteiger partial charge in [0.05, 0.1) is 35.5 Å². The minimum atomic E-state index is -0.952. The van der Waals surface area contributed by atoms with Crippen LogP contribution < -0.4 is 4.90 Å². The summed E-state index contributed by atoms with van der Waals surface area (Å²) in [5, 5.41) is 0.449. The minimum Gasteiger partial charge on any atom is -0.466 e. The molecule has 3 aromatic rings. The fourth-order valence-corrected chi connectivity index (χ4v) is 4.22. The first-order valence-electron chi connectivity index (χ1n) is 8.84. The predicted molar refractivity (Wildman–Crippen MR) is 111 cm³/mol. The summed E-state index contributed by atoms with van der Waals surface area (Å²) in [6.45, 7) is 2.00. The summed E-state index contributed by atoms with van der Waals surface area (Å²) in [4.78, 5) is 30.3. The molecular formula is C20H17BrF2N2O3S. The topological polar surface area (TPSA) is 59.5 Å². The van der Waals surface area contributed by atoms with Gasteiger partial charge in [0, 0.05) is 10.9 Å². The maximum atomic E-state index is 14.0. The second-order valence-corrected chi connectivity index (χ2v) is 7.99. The third-order valence-corrected chi connectivity index (χ3v) is 5.80. The molecule has 3 rings (SSSR count). The highest BCUT2D eigenvalue weighted by molar-refractivity contribution is 9.10. The normalized spacial score (nSPS) is 10.9. The summed E-state index contributed by atoms with van der Waals surface area (Å²) >= 11 is 4.42. The van der Waals surface area contributed by atoms with Crippen LogP contribution in [0.5, 0.6) is 0 Å². The summed E-state index contributed by atoms with van der Waals surface area (Å²) in [6.07, 6.45) is -0.0959. The van der Waals surface area contributed by atoms with E-state index in [1.807, 2.05) is 6.07 Å². The number of aromatic nitrogens is 1. The first-order chi connectivity index (χ1) is 13.9. The molecule has 9 heteroatoms. The quantitative estimate of drug-likeness (QED) is 0.433. The average Bonchev–Trinajstić information content (AvgIpc) is 3.12. The predicted octanol–water partition coefficient (Wildman–Crippen LogP) is 5.21. The highest BCUT2D eigenvalue weighted by Crippen LogP contribution is 2.31. The highest BCUT2D eigenvalue weighted by Gasteiger charge is 2.22. The van der Waals surface area contributed by atoms with Gasteiger partial charge in [-0.1, -0.05) is 12.1 Å². The van der Waals surface area contributed by atoms with E-state index in [0.29, 0.717) is 20.7 Å². The van der Waals surface area contributed by atoms with Gasteiger partial charge in [-0.3, -0.25) is 9.59 Å². The van der Waals surface area contributed by atoms with Gasteiger partial charge < -0.3 is 9.64 Å². The second kappa shape index (κ2) is 9.41. The first kappa shape index (κ1) is 21.3. The molecule has 1 heterocycles. The smallest absolute Gasteiger partial charge is 0.306 e. The fraction of sp³-hybridized carbons (Fsp3) is 0.250. The Kier molecular flexibility index (Phi) is 6.92. The SMILES string of the molecule is CCOC(=O)CCC(=O)N(Cc1nc2ccc(F)c(F)c2s1)c1ccccc1Br. The number of rotatable bonds is 7. The number of nitrogens with zero attached hydrogens (tertiary/aromatic N) is 2. The van der Waals surface area contributed by atoms with Crippen molar-refractivity contribution in [2.45, 2.75) is 26.3 Å². The number of thiazole rings is 1. The first-order valence-corrected chi connectivity index (χ1v) is 10.5. The molecule has 0 unspecified atom stereocenters. The zero-order valence-electron chi connectivity index (χ0n) is 15.5. The van der Waals surface area contributed by atoms with Gasteiger partial charge in [0.1, 0.15) is 5.01 Å². The van der Waals surface area contributed by atoms with Crippen molar-refractivity contribution in [1.82, 2.24) is 4.98 Å². The number of anilines is 1. The number of para-hydroxylation sites is 1. The van der Waals surface area contributed by atoms with Crippen LogP contribution in [0.15, 0.2) is 40.9 Å². The van der Waals surface area contributed by atoms with E-state index < -0.39 is 17.6 Å². The number of amides is 1. The Morgan fingerprint density at radius 3 is 2.66 bits per heavy atom. The van der Waals surface area contributed by atoms with Gasteiger partial charge in [-0.25, -0.2) is 13.8 Å². The van der Waals surface area contributed by atoms with Crippen LogP contribution in [0.4, 0.5) is 14.5 Å². The summed E-state index contributed by atoms with van der Waals surface area (Å²) in [6, 6.07) is 9.55. The van der Waals surface area contributed by atoms with Crippen molar-refractivity contribution >= 4 is 55.0 Å². The van der Waals surface area contributed by atoms with E-state index in [9.17, 15) is 18.4 Å². The van der Waals surface area contributed by atoms with Crippen LogP contribution >= 0.6 is 27.3 Å².